The van der Waals surface area contributed by atoms with E-state index in [4.69, 9.17) is 28.4 Å². The van der Waals surface area contributed by atoms with Gasteiger partial charge in [-0.2, -0.15) is 0 Å². The van der Waals surface area contributed by atoms with Gasteiger partial charge in [-0.15, -0.1) is 0 Å². The highest BCUT2D eigenvalue weighted by Gasteiger charge is 2.32. The molecule has 0 saturated heterocycles. The van der Waals surface area contributed by atoms with E-state index < -0.39 is 11.9 Å². The fourth-order valence-electron chi connectivity index (χ4n) is 2.81. The van der Waals surface area contributed by atoms with Crippen LogP contribution in [0, 0.1) is 0 Å². The lowest BCUT2D eigenvalue weighted by Gasteiger charge is -2.32. The number of hydrogen-bond acceptors (Lipinski definition) is 10. The lowest BCUT2D eigenvalue weighted by molar-refractivity contribution is -0.380. The highest BCUT2D eigenvalue weighted by atomic mass is 33.7. The van der Waals surface area contributed by atoms with Crippen LogP contribution in [0.1, 0.15) is 67.2 Å². The van der Waals surface area contributed by atoms with Crippen molar-refractivity contribution in [1.82, 2.24) is 0 Å². The normalized spacial score (nSPS) is 12.6. The smallest absolute Gasteiger partial charge is 0.282 e. The van der Waals surface area contributed by atoms with E-state index in [1.807, 2.05) is 82.8 Å². The Morgan fingerprint density at radius 2 is 0.733 bits per heavy atom. The van der Waals surface area contributed by atoms with Gasteiger partial charge < -0.3 is 28.4 Å². The van der Waals surface area contributed by atoms with Crippen LogP contribution in [0.25, 0.3) is 0 Å². The monoisotopic (exact) mass is 506 g/mol. The summed E-state index contributed by atoms with van der Waals surface area (Å²) in [6, 6.07) is 0. The minimum Gasteiger partial charge on any atom is -0.328 e. The second-order valence-electron chi connectivity index (χ2n) is 5.95. The summed E-state index contributed by atoms with van der Waals surface area (Å²) in [4.78, 5) is 0. The van der Waals surface area contributed by atoms with Gasteiger partial charge in [-0.05, 0) is 74.0 Å². The zero-order valence-corrected chi connectivity index (χ0v) is 22.8. The molecule has 0 N–H and O–H groups in total. The number of ether oxygens (including phenoxy) is 6. The molecule has 0 radical (unpaired) electrons. The van der Waals surface area contributed by atoms with Crippen molar-refractivity contribution in [3.63, 3.8) is 0 Å². The first-order chi connectivity index (χ1) is 14.6. The molecule has 6 nitrogen and oxygen atoms in total. The van der Waals surface area contributed by atoms with Gasteiger partial charge in [0.25, 0.3) is 11.9 Å². The Kier molecular flexibility index (Phi) is 21.5. The minimum absolute atomic E-state index is 0.575. The first-order valence-electron chi connectivity index (χ1n) is 11.0. The van der Waals surface area contributed by atoms with Gasteiger partial charge in [0.05, 0.1) is 0 Å². The fraction of sp³-hybridized carbons (Fsp3) is 1.00. The van der Waals surface area contributed by atoms with Crippen LogP contribution in [-0.4, -0.2) is 63.1 Å². The molecular formula is C20H42O6S4. The van der Waals surface area contributed by atoms with Gasteiger partial charge in [0.15, 0.2) is 0 Å². The van der Waals surface area contributed by atoms with Crippen LogP contribution in [0.2, 0.25) is 0 Å². The summed E-state index contributed by atoms with van der Waals surface area (Å²) in [6.45, 7) is 15.2. The Morgan fingerprint density at radius 1 is 0.467 bits per heavy atom. The van der Waals surface area contributed by atoms with E-state index >= 15 is 0 Å². The van der Waals surface area contributed by atoms with Crippen LogP contribution in [0.3, 0.4) is 0 Å². The molecule has 0 bridgehead atoms. The number of hydrogen-bond donors (Lipinski definition) is 0. The second kappa shape index (κ2) is 20.7. The third kappa shape index (κ3) is 14.3. The summed E-state index contributed by atoms with van der Waals surface area (Å²) in [5.41, 5.74) is 0. The van der Waals surface area contributed by atoms with Gasteiger partial charge in [-0.25, -0.2) is 0 Å². The Hall–Kier alpha value is 1.16. The first kappa shape index (κ1) is 31.2. The van der Waals surface area contributed by atoms with Gasteiger partial charge in [-0.3, -0.25) is 0 Å². The minimum atomic E-state index is -0.889. The molecular weight excluding hydrogens is 464 g/mol. The summed E-state index contributed by atoms with van der Waals surface area (Å²) < 4.78 is 34.6. The SMILES string of the molecule is CCOC(CCCSSSSCCCC(OCC)(OCC)OCC)(OCC)OCC. The van der Waals surface area contributed by atoms with Crippen LogP contribution >= 0.6 is 41.2 Å². The topological polar surface area (TPSA) is 55.4 Å². The molecule has 0 spiro atoms. The molecule has 30 heavy (non-hydrogen) atoms. The van der Waals surface area contributed by atoms with Crippen molar-refractivity contribution >= 4 is 41.2 Å². The molecule has 0 fully saturated rings. The molecule has 0 heterocycles. The molecule has 0 aliphatic rings. The lowest BCUT2D eigenvalue weighted by atomic mass is 10.3. The maximum absolute atomic E-state index is 5.76. The van der Waals surface area contributed by atoms with Crippen molar-refractivity contribution in [1.29, 1.82) is 0 Å². The molecule has 0 saturated carbocycles. The molecule has 0 amide bonds. The van der Waals surface area contributed by atoms with Gasteiger partial charge in [-0.1, -0.05) is 21.6 Å². The van der Waals surface area contributed by atoms with Gasteiger partial charge in [0, 0.05) is 64.0 Å². The van der Waals surface area contributed by atoms with Gasteiger partial charge in [0.2, 0.25) is 0 Å². The average molecular weight is 507 g/mol. The Labute approximate surface area is 199 Å². The molecule has 0 aromatic heterocycles. The molecule has 0 aliphatic heterocycles. The molecule has 182 valence electrons. The summed E-state index contributed by atoms with van der Waals surface area (Å²) in [7, 11) is 7.33. The summed E-state index contributed by atoms with van der Waals surface area (Å²) in [6.07, 6.45) is 3.43. The summed E-state index contributed by atoms with van der Waals surface area (Å²) in [5, 5.41) is 0. The van der Waals surface area contributed by atoms with E-state index in [1.54, 1.807) is 0 Å². The van der Waals surface area contributed by atoms with Crippen molar-refractivity contribution in [2.75, 3.05) is 51.1 Å². The quantitative estimate of drug-likeness (QED) is 0.0844. The molecule has 0 unspecified atom stereocenters. The third-order valence-corrected chi connectivity index (χ3v) is 10.4. The van der Waals surface area contributed by atoms with Crippen molar-refractivity contribution < 1.29 is 28.4 Å². The summed E-state index contributed by atoms with van der Waals surface area (Å²) >= 11 is 0. The van der Waals surface area contributed by atoms with Crippen LogP contribution in [-0.2, 0) is 28.4 Å². The van der Waals surface area contributed by atoms with Gasteiger partial charge in [0.1, 0.15) is 0 Å². The zero-order chi connectivity index (χ0) is 22.6. The zero-order valence-electron chi connectivity index (χ0n) is 19.6. The average Bonchev–Trinajstić information content (AvgIpc) is 2.70. The van der Waals surface area contributed by atoms with Crippen LogP contribution in [0.4, 0.5) is 0 Å². The highest BCUT2D eigenvalue weighted by Crippen LogP contribution is 2.44. The Bertz CT molecular complexity index is 311. The van der Waals surface area contributed by atoms with E-state index in [-0.39, 0.29) is 0 Å². The van der Waals surface area contributed by atoms with Crippen LogP contribution < -0.4 is 0 Å². The standard InChI is InChI=1S/C20H42O6S4/c1-7-21-19(22-8-2,23-9-3)15-13-17-27-29-30-28-18-14-16-20(24-10-4,25-11-5)26-12-6/h7-18H2,1-6H3. The first-order valence-corrected chi connectivity index (χ1v) is 16.1. The second-order valence-corrected chi connectivity index (χ2v) is 12.2. The highest BCUT2D eigenvalue weighted by molar-refractivity contribution is 9.26. The number of rotatable bonds is 23. The fourth-order valence-corrected chi connectivity index (χ4v) is 8.95. The van der Waals surface area contributed by atoms with Crippen molar-refractivity contribution in [2.45, 2.75) is 79.2 Å². The van der Waals surface area contributed by atoms with E-state index in [1.165, 1.54) is 0 Å². The maximum atomic E-state index is 5.76. The summed E-state index contributed by atoms with van der Waals surface area (Å²) in [5.74, 6) is 0.268. The van der Waals surface area contributed by atoms with Crippen molar-refractivity contribution in [2.24, 2.45) is 0 Å². The predicted octanol–water partition coefficient (Wildman–Crippen LogP) is 6.75. The Balaban J connectivity index is 3.97. The van der Waals surface area contributed by atoms with Crippen LogP contribution in [0.15, 0.2) is 0 Å². The van der Waals surface area contributed by atoms with E-state index in [0.717, 1.165) is 37.2 Å². The maximum Gasteiger partial charge on any atom is 0.282 e. The third-order valence-electron chi connectivity index (χ3n) is 3.73. The van der Waals surface area contributed by atoms with Crippen molar-refractivity contribution in [3.05, 3.63) is 0 Å². The Morgan fingerprint density at radius 3 is 0.967 bits per heavy atom. The molecule has 0 rings (SSSR count). The van der Waals surface area contributed by atoms with Gasteiger partial charge >= 0.3 is 0 Å². The molecule has 0 atom stereocenters. The molecule has 0 aliphatic carbocycles. The molecule has 0 aromatic carbocycles. The largest absolute Gasteiger partial charge is 0.328 e. The van der Waals surface area contributed by atoms with E-state index in [2.05, 4.69) is 0 Å². The lowest BCUT2D eigenvalue weighted by Crippen LogP contribution is -2.39. The molecule has 10 heteroatoms. The van der Waals surface area contributed by atoms with E-state index in [9.17, 15) is 0 Å². The predicted molar refractivity (Wildman–Crippen MR) is 134 cm³/mol. The van der Waals surface area contributed by atoms with E-state index in [0.29, 0.717) is 39.6 Å². The molecule has 0 aromatic rings. The van der Waals surface area contributed by atoms with Crippen molar-refractivity contribution in [3.8, 4) is 0 Å². The van der Waals surface area contributed by atoms with Crippen LogP contribution in [0.5, 0.6) is 0 Å².